The summed E-state index contributed by atoms with van der Waals surface area (Å²) in [5, 5.41) is 0. The van der Waals surface area contributed by atoms with E-state index < -0.39 is 0 Å². The molecule has 1 aromatic carbocycles. The van der Waals surface area contributed by atoms with Crippen LogP contribution in [0.3, 0.4) is 0 Å². The minimum absolute atomic E-state index is 0. The summed E-state index contributed by atoms with van der Waals surface area (Å²) >= 11 is 0. The zero-order valence-corrected chi connectivity index (χ0v) is 14.7. The van der Waals surface area contributed by atoms with Gasteiger partial charge in [0.2, 0.25) is 0 Å². The molecule has 0 heterocycles. The van der Waals surface area contributed by atoms with E-state index in [0.29, 0.717) is 0 Å². The molecule has 0 aliphatic rings. The normalized spacial score (nSPS) is 10.8. The number of ketones is 1. The van der Waals surface area contributed by atoms with Crippen LogP contribution in [0.4, 0.5) is 0 Å². The number of Topliss-reactive ketones (excluding diaryl/α,β-unsaturated/α-hetero) is 1. The number of halogens is 1. The predicted molar refractivity (Wildman–Crippen MR) is 74.0 cm³/mol. The Bertz CT molecular complexity index is 428. The van der Waals surface area contributed by atoms with Crippen LogP contribution in [0.5, 0.6) is 5.75 Å². The Kier molecular flexibility index (Phi) is 7.59. The molecule has 19 heavy (non-hydrogen) atoms. The van der Waals surface area contributed by atoms with E-state index in [4.69, 9.17) is 4.74 Å². The van der Waals surface area contributed by atoms with Crippen LogP contribution < -0.4 is 28.7 Å². The quantitative estimate of drug-likeness (QED) is 0.393. The minimum atomic E-state index is 0. The van der Waals surface area contributed by atoms with Crippen LogP contribution >= 0.6 is 0 Å². The highest BCUT2D eigenvalue weighted by Crippen LogP contribution is 2.24. The number of nitrogens with zero attached hydrogens (tertiary/aromatic N) is 1. The molecule has 0 N–H and O–H groups in total. The molecular weight excluding hydrogens is 353 g/mol. The van der Waals surface area contributed by atoms with Crippen LogP contribution in [-0.4, -0.2) is 37.5 Å². The summed E-state index contributed by atoms with van der Waals surface area (Å²) in [6.07, 6.45) is 0. The van der Waals surface area contributed by atoms with Crippen molar-refractivity contribution >= 4 is 5.78 Å². The van der Waals surface area contributed by atoms with Gasteiger partial charge in [0.1, 0.15) is 12.3 Å². The molecule has 0 unspecified atom stereocenters. The summed E-state index contributed by atoms with van der Waals surface area (Å²) < 4.78 is 6.34. The van der Waals surface area contributed by atoms with Gasteiger partial charge in [-0.2, -0.15) is 0 Å². The molecule has 1 aromatic rings. The van der Waals surface area contributed by atoms with Crippen LogP contribution in [0, 0.1) is 0 Å². The van der Waals surface area contributed by atoms with Gasteiger partial charge in [0.15, 0.2) is 5.78 Å². The van der Waals surface area contributed by atoms with Crippen LogP contribution in [-0.2, 0) is 6.54 Å². The number of quaternary nitrogens is 1. The molecule has 0 aliphatic heterocycles. The van der Waals surface area contributed by atoms with Gasteiger partial charge in [0, 0.05) is 11.1 Å². The van der Waals surface area contributed by atoms with Crippen molar-refractivity contribution in [2.24, 2.45) is 0 Å². The zero-order valence-electron chi connectivity index (χ0n) is 12.5. The first-order valence-electron chi connectivity index (χ1n) is 6.47. The van der Waals surface area contributed by atoms with Crippen molar-refractivity contribution in [2.75, 3.05) is 27.2 Å². The van der Waals surface area contributed by atoms with Crippen LogP contribution in [0.2, 0.25) is 0 Å². The number of methoxy groups -OCH3 is 1. The van der Waals surface area contributed by atoms with Crippen LogP contribution in [0.15, 0.2) is 18.2 Å². The summed E-state index contributed by atoms with van der Waals surface area (Å²) in [6, 6.07) is 5.68. The van der Waals surface area contributed by atoms with Gasteiger partial charge in [0.05, 0.1) is 27.2 Å². The topological polar surface area (TPSA) is 26.3 Å². The Morgan fingerprint density at radius 2 is 1.84 bits per heavy atom. The highest BCUT2D eigenvalue weighted by atomic mass is 127. The van der Waals surface area contributed by atoms with Gasteiger partial charge in [0.25, 0.3) is 0 Å². The second kappa shape index (κ2) is 7.85. The van der Waals surface area contributed by atoms with Gasteiger partial charge in [-0.1, -0.05) is 0 Å². The maximum Gasteiger partial charge on any atom is 0.159 e. The summed E-state index contributed by atoms with van der Waals surface area (Å²) in [4.78, 5) is 11.5. The second-order valence-electron chi connectivity index (χ2n) is 4.99. The standard InChI is InChI=1S/C15H24NO2.HI/c1-6-16(4,7-2)11-14-10-13(12(3)17)8-9-15(14)18-5;/h8-10H,6-7,11H2,1-5H3;1H/q+1;/p-1. The minimum Gasteiger partial charge on any atom is -1.00 e. The highest BCUT2D eigenvalue weighted by Gasteiger charge is 2.20. The molecule has 4 heteroatoms. The van der Waals surface area contributed by atoms with E-state index in [1.807, 2.05) is 18.2 Å². The smallest absolute Gasteiger partial charge is 0.159 e. The average molecular weight is 377 g/mol. The Morgan fingerprint density at radius 3 is 2.26 bits per heavy atom. The van der Waals surface area contributed by atoms with E-state index in [0.717, 1.165) is 41.0 Å². The summed E-state index contributed by atoms with van der Waals surface area (Å²) in [6.45, 7) is 8.97. The molecule has 0 spiro atoms. The number of hydrogen-bond acceptors (Lipinski definition) is 2. The summed E-state index contributed by atoms with van der Waals surface area (Å²) in [5.41, 5.74) is 1.86. The van der Waals surface area contributed by atoms with Crippen molar-refractivity contribution in [1.29, 1.82) is 0 Å². The van der Waals surface area contributed by atoms with E-state index in [1.54, 1.807) is 14.0 Å². The van der Waals surface area contributed by atoms with Gasteiger partial charge >= 0.3 is 0 Å². The lowest BCUT2D eigenvalue weighted by atomic mass is 10.1. The van der Waals surface area contributed by atoms with Crippen molar-refractivity contribution in [3.63, 3.8) is 0 Å². The van der Waals surface area contributed by atoms with Crippen molar-refractivity contribution in [3.05, 3.63) is 29.3 Å². The SMILES string of the molecule is CC[N+](C)(CC)Cc1cc(C(C)=O)ccc1OC.[I-]. The number of rotatable bonds is 6. The number of hydrogen-bond donors (Lipinski definition) is 0. The molecule has 1 rings (SSSR count). The Labute approximate surface area is 133 Å². The Hall–Kier alpha value is -0.620. The molecule has 108 valence electrons. The number of carbonyl (C=O) groups is 1. The molecule has 0 bridgehead atoms. The first-order chi connectivity index (χ1) is 8.45. The molecular formula is C15H24INO2. The first kappa shape index (κ1) is 18.4. The second-order valence-corrected chi connectivity index (χ2v) is 4.99. The number of carbonyl (C=O) groups excluding carboxylic acids is 1. The molecule has 0 amide bonds. The fraction of sp³-hybridized carbons (Fsp3) is 0.533. The average Bonchev–Trinajstić information content (AvgIpc) is 2.38. The van der Waals surface area contributed by atoms with Crippen molar-refractivity contribution in [2.45, 2.75) is 27.3 Å². The molecule has 0 aliphatic carbocycles. The lowest BCUT2D eigenvalue weighted by Gasteiger charge is -2.32. The third kappa shape index (κ3) is 4.76. The first-order valence-corrected chi connectivity index (χ1v) is 6.47. The lowest BCUT2D eigenvalue weighted by molar-refractivity contribution is -0.919. The third-order valence-corrected chi connectivity index (χ3v) is 3.77. The van der Waals surface area contributed by atoms with E-state index in [1.165, 1.54) is 0 Å². The van der Waals surface area contributed by atoms with Gasteiger partial charge in [-0.25, -0.2) is 0 Å². The molecule has 0 atom stereocenters. The van der Waals surface area contributed by atoms with Gasteiger partial charge in [-0.3, -0.25) is 4.79 Å². The van der Waals surface area contributed by atoms with Crippen LogP contribution in [0.25, 0.3) is 0 Å². The van der Waals surface area contributed by atoms with Crippen molar-refractivity contribution < 1.29 is 38.0 Å². The van der Waals surface area contributed by atoms with Gasteiger partial charge in [-0.05, 0) is 39.0 Å². The summed E-state index contributed by atoms with van der Waals surface area (Å²) in [5.74, 6) is 0.965. The van der Waals surface area contributed by atoms with E-state index in [9.17, 15) is 4.79 Å². The van der Waals surface area contributed by atoms with Gasteiger partial charge < -0.3 is 33.2 Å². The Balaban J connectivity index is 0.00000324. The van der Waals surface area contributed by atoms with Gasteiger partial charge in [-0.15, -0.1) is 0 Å². The molecule has 0 saturated carbocycles. The van der Waals surface area contributed by atoms with E-state index in [2.05, 4.69) is 20.9 Å². The zero-order chi connectivity index (χ0) is 13.8. The van der Waals surface area contributed by atoms with Crippen molar-refractivity contribution in [1.82, 2.24) is 0 Å². The fourth-order valence-corrected chi connectivity index (χ4v) is 1.98. The van der Waals surface area contributed by atoms with E-state index in [-0.39, 0.29) is 29.8 Å². The van der Waals surface area contributed by atoms with Crippen molar-refractivity contribution in [3.8, 4) is 5.75 Å². The monoisotopic (exact) mass is 377 g/mol. The molecule has 0 aromatic heterocycles. The van der Waals surface area contributed by atoms with E-state index >= 15 is 0 Å². The third-order valence-electron chi connectivity index (χ3n) is 3.77. The molecule has 0 radical (unpaired) electrons. The highest BCUT2D eigenvalue weighted by molar-refractivity contribution is 5.94. The molecule has 0 fully saturated rings. The molecule has 3 nitrogen and oxygen atoms in total. The number of ether oxygens (including phenoxy) is 1. The maximum atomic E-state index is 11.5. The van der Waals surface area contributed by atoms with Crippen LogP contribution in [0.1, 0.15) is 36.7 Å². The lowest BCUT2D eigenvalue weighted by Crippen LogP contribution is -3.00. The fourth-order valence-electron chi connectivity index (χ4n) is 1.98. The number of benzene rings is 1. The predicted octanol–water partition coefficient (Wildman–Crippen LogP) is -0.112. The summed E-state index contributed by atoms with van der Waals surface area (Å²) in [7, 11) is 3.90. The largest absolute Gasteiger partial charge is 1.00 e. The Morgan fingerprint density at radius 1 is 1.26 bits per heavy atom. The maximum absolute atomic E-state index is 11.5. The molecule has 0 saturated heterocycles.